The maximum atomic E-state index is 12.8. The van der Waals surface area contributed by atoms with Gasteiger partial charge in [0, 0.05) is 19.1 Å². The van der Waals surface area contributed by atoms with E-state index in [-0.39, 0.29) is 11.9 Å². The van der Waals surface area contributed by atoms with E-state index in [0.29, 0.717) is 16.9 Å². The van der Waals surface area contributed by atoms with Crippen molar-refractivity contribution in [2.24, 2.45) is 52.3 Å². The van der Waals surface area contributed by atoms with Gasteiger partial charge in [-0.05, 0) is 116 Å². The lowest BCUT2D eigenvalue weighted by Gasteiger charge is -2.62. The largest absolute Gasteiger partial charge is 0.295 e. The molecule has 1 heterocycles. The molecule has 4 nitrogen and oxygen atoms in total. The Morgan fingerprint density at radius 1 is 0.667 bits per heavy atom. The lowest BCUT2D eigenvalue weighted by molar-refractivity contribution is -0.132. The minimum atomic E-state index is -3.41. The second kappa shape index (κ2) is 19.6. The zero-order valence-corrected chi connectivity index (χ0v) is 35.6. The van der Waals surface area contributed by atoms with Crippen molar-refractivity contribution in [1.29, 1.82) is 0 Å². The molecule has 0 N–H and O–H groups in total. The average Bonchev–Trinajstić information content (AvgIpc) is 3.43. The van der Waals surface area contributed by atoms with Crippen LogP contribution >= 0.6 is 0 Å². The van der Waals surface area contributed by atoms with E-state index in [1.807, 2.05) is 0 Å². The standard InChI is InChI=1S/C46H85NO3S/c1-7-8-9-10-11-12-13-14-15-16-17-18-19-20-32-51(48,49)50-40-34-47(35-40)39-28-30-45(5)38(33-39)24-25-41-43-27-26-42(37(4)23-21-22-36(2)3)46(43,6)31-29-44(41)45/h36-44H,7-35H2,1-6H3/t37-,38?,39?,41+,42-,43+,44+,45+,46-/m1/s1. The second-order valence-corrected chi connectivity index (χ2v) is 21.9. The summed E-state index contributed by atoms with van der Waals surface area (Å²) in [5, 5.41) is 0. The Bertz CT molecular complexity index is 1120. The summed E-state index contributed by atoms with van der Waals surface area (Å²) >= 11 is 0. The van der Waals surface area contributed by atoms with Crippen LogP contribution in [0.4, 0.5) is 0 Å². The number of fused-ring (bicyclic) bond motifs is 5. The smallest absolute Gasteiger partial charge is 0.267 e. The summed E-state index contributed by atoms with van der Waals surface area (Å²) in [6.45, 7) is 16.7. The van der Waals surface area contributed by atoms with Gasteiger partial charge in [0.2, 0.25) is 0 Å². The molecular formula is C46H85NO3S. The molecule has 2 unspecified atom stereocenters. The Labute approximate surface area is 318 Å². The molecule has 0 aromatic rings. The number of rotatable bonds is 23. The number of likely N-dealkylation sites (tertiary alicyclic amines) is 1. The van der Waals surface area contributed by atoms with Crippen LogP contribution in [0.1, 0.15) is 208 Å². The Hall–Kier alpha value is -0.130. The molecule has 5 fully saturated rings. The molecule has 9 atom stereocenters. The van der Waals surface area contributed by atoms with Crippen molar-refractivity contribution in [2.75, 3.05) is 18.8 Å². The van der Waals surface area contributed by atoms with E-state index in [9.17, 15) is 8.42 Å². The zero-order chi connectivity index (χ0) is 36.5. The quantitative estimate of drug-likeness (QED) is 0.0775. The number of hydrogen-bond acceptors (Lipinski definition) is 4. The van der Waals surface area contributed by atoms with Crippen molar-refractivity contribution in [2.45, 2.75) is 221 Å². The van der Waals surface area contributed by atoms with Gasteiger partial charge in [-0.3, -0.25) is 9.08 Å². The van der Waals surface area contributed by atoms with E-state index in [4.69, 9.17) is 4.18 Å². The fourth-order valence-electron chi connectivity index (χ4n) is 13.1. The van der Waals surface area contributed by atoms with Gasteiger partial charge in [0.05, 0.1) is 5.75 Å². The van der Waals surface area contributed by atoms with Gasteiger partial charge in [-0.25, -0.2) is 0 Å². The lowest BCUT2D eigenvalue weighted by Crippen LogP contribution is -2.61. The highest BCUT2D eigenvalue weighted by Crippen LogP contribution is 2.68. The van der Waals surface area contributed by atoms with Gasteiger partial charge >= 0.3 is 0 Å². The van der Waals surface area contributed by atoms with Crippen molar-refractivity contribution >= 4 is 10.1 Å². The molecule has 5 rings (SSSR count). The minimum absolute atomic E-state index is 0.121. The van der Waals surface area contributed by atoms with Crippen molar-refractivity contribution < 1.29 is 12.6 Å². The molecule has 1 saturated heterocycles. The molecule has 0 aromatic heterocycles. The number of unbranched alkanes of at least 4 members (excludes halogenated alkanes) is 13. The molecule has 0 radical (unpaired) electrons. The maximum Gasteiger partial charge on any atom is 0.267 e. The highest BCUT2D eigenvalue weighted by molar-refractivity contribution is 7.86. The Kier molecular flexibility index (Phi) is 16.2. The normalized spacial score (nSPS) is 35.0. The van der Waals surface area contributed by atoms with Gasteiger partial charge in [0.25, 0.3) is 10.1 Å². The fraction of sp³-hybridized carbons (Fsp3) is 1.00. The summed E-state index contributed by atoms with van der Waals surface area (Å²) in [5.41, 5.74) is 1.09. The van der Waals surface area contributed by atoms with Crippen LogP contribution in [0.2, 0.25) is 0 Å². The van der Waals surface area contributed by atoms with Gasteiger partial charge < -0.3 is 0 Å². The van der Waals surface area contributed by atoms with Gasteiger partial charge in [0.1, 0.15) is 6.10 Å². The Morgan fingerprint density at radius 2 is 1.25 bits per heavy atom. The molecule has 0 aromatic carbocycles. The lowest BCUT2D eigenvalue weighted by atomic mass is 9.44. The van der Waals surface area contributed by atoms with Crippen LogP contribution in [-0.2, 0) is 14.3 Å². The Morgan fingerprint density at radius 3 is 1.88 bits per heavy atom. The van der Waals surface area contributed by atoms with Crippen LogP contribution in [0.5, 0.6) is 0 Å². The van der Waals surface area contributed by atoms with Crippen LogP contribution in [0.3, 0.4) is 0 Å². The molecule has 4 saturated carbocycles. The number of hydrogen-bond donors (Lipinski definition) is 0. The van der Waals surface area contributed by atoms with E-state index < -0.39 is 10.1 Å². The third kappa shape index (κ3) is 11.0. The van der Waals surface area contributed by atoms with E-state index in [0.717, 1.165) is 73.8 Å². The van der Waals surface area contributed by atoms with Crippen LogP contribution < -0.4 is 0 Å². The summed E-state index contributed by atoms with van der Waals surface area (Å²) in [7, 11) is -3.41. The molecule has 1 aliphatic heterocycles. The first-order valence-electron chi connectivity index (χ1n) is 23.1. The van der Waals surface area contributed by atoms with E-state index in [1.54, 1.807) is 0 Å². The van der Waals surface area contributed by atoms with Crippen LogP contribution in [0, 0.1) is 52.3 Å². The summed E-state index contributed by atoms with van der Waals surface area (Å²) < 4.78 is 31.3. The Balaban J connectivity index is 0.955. The van der Waals surface area contributed by atoms with Crippen LogP contribution in [0.15, 0.2) is 0 Å². The van der Waals surface area contributed by atoms with Crippen molar-refractivity contribution in [3.8, 4) is 0 Å². The third-order valence-electron chi connectivity index (χ3n) is 16.3. The fourth-order valence-corrected chi connectivity index (χ4v) is 14.3. The second-order valence-electron chi connectivity index (χ2n) is 20.1. The van der Waals surface area contributed by atoms with Crippen molar-refractivity contribution in [3.63, 3.8) is 0 Å². The monoisotopic (exact) mass is 732 g/mol. The highest BCUT2D eigenvalue weighted by Gasteiger charge is 2.61. The molecule has 298 valence electrons. The molecular weight excluding hydrogens is 647 g/mol. The molecule has 51 heavy (non-hydrogen) atoms. The topological polar surface area (TPSA) is 46.6 Å². The summed E-state index contributed by atoms with van der Waals surface area (Å²) in [5.74, 6) is 6.57. The van der Waals surface area contributed by atoms with E-state index in [2.05, 4.69) is 46.4 Å². The average molecular weight is 732 g/mol. The van der Waals surface area contributed by atoms with E-state index >= 15 is 0 Å². The molecule has 0 bridgehead atoms. The van der Waals surface area contributed by atoms with Crippen molar-refractivity contribution in [1.82, 2.24) is 4.90 Å². The summed E-state index contributed by atoms with van der Waals surface area (Å²) in [6, 6.07) is 0.629. The van der Waals surface area contributed by atoms with E-state index in [1.165, 1.54) is 148 Å². The molecule has 5 aliphatic rings. The first kappa shape index (κ1) is 42.0. The molecule has 5 heteroatoms. The molecule has 0 spiro atoms. The number of nitrogens with zero attached hydrogens (tertiary/aromatic N) is 1. The maximum absolute atomic E-state index is 12.8. The molecule has 4 aliphatic carbocycles. The first-order valence-corrected chi connectivity index (χ1v) is 24.7. The predicted molar refractivity (Wildman–Crippen MR) is 217 cm³/mol. The first-order chi connectivity index (χ1) is 24.5. The third-order valence-corrected chi connectivity index (χ3v) is 17.6. The predicted octanol–water partition coefficient (Wildman–Crippen LogP) is 13.0. The summed E-state index contributed by atoms with van der Waals surface area (Å²) in [6.07, 6.45) is 34.9. The van der Waals surface area contributed by atoms with Gasteiger partial charge in [-0.15, -0.1) is 0 Å². The van der Waals surface area contributed by atoms with Crippen LogP contribution in [-0.4, -0.2) is 44.3 Å². The summed E-state index contributed by atoms with van der Waals surface area (Å²) in [4.78, 5) is 2.58. The molecule has 0 amide bonds. The minimum Gasteiger partial charge on any atom is -0.295 e. The van der Waals surface area contributed by atoms with Gasteiger partial charge in [-0.2, -0.15) is 8.42 Å². The van der Waals surface area contributed by atoms with Crippen LogP contribution in [0.25, 0.3) is 0 Å². The zero-order valence-electron chi connectivity index (χ0n) is 34.8. The van der Waals surface area contributed by atoms with Gasteiger partial charge in [-0.1, -0.05) is 144 Å². The van der Waals surface area contributed by atoms with Gasteiger partial charge in [0.15, 0.2) is 0 Å². The van der Waals surface area contributed by atoms with Crippen molar-refractivity contribution in [3.05, 3.63) is 0 Å². The SMILES string of the molecule is CCCCCCCCCCCCCCCCS(=O)(=O)OC1CN(C2CC[C@@]3(C)C(CC[C@H]4[C@@H]5CC[C@H]([C@H](C)CCCC(C)C)[C@@]5(C)CC[C@@H]43)C2)C1. The highest BCUT2D eigenvalue weighted by atomic mass is 32.2.